The minimum Gasteiger partial charge on any atom is -0.397 e. The summed E-state index contributed by atoms with van der Waals surface area (Å²) in [6, 6.07) is 13.0. The number of carbonyl (C=O) groups excluding carboxylic acids is 1. The molecule has 2 rings (SSSR count). The van der Waals surface area contributed by atoms with Gasteiger partial charge >= 0.3 is 0 Å². The fraction of sp³-hybridized carbons (Fsp3) is 0.133. The Morgan fingerprint density at radius 2 is 1.95 bits per heavy atom. The van der Waals surface area contributed by atoms with Gasteiger partial charge in [0.25, 0.3) is 0 Å². The Balaban J connectivity index is 1.90. The number of anilines is 2. The largest absolute Gasteiger partial charge is 0.397 e. The van der Waals surface area contributed by atoms with Crippen molar-refractivity contribution in [2.24, 2.45) is 0 Å². The molecule has 104 valence electrons. The number of hydrogen-bond acceptors (Lipinski definition) is 3. The van der Waals surface area contributed by atoms with Gasteiger partial charge in [0.15, 0.2) is 0 Å². The third-order valence-electron chi connectivity index (χ3n) is 2.66. The first-order valence-electron chi connectivity index (χ1n) is 6.09. The molecule has 0 aliphatic carbocycles. The molecule has 0 aromatic heterocycles. The maximum absolute atomic E-state index is 11.9. The Kier molecular flexibility index (Phi) is 4.93. The number of carbonyl (C=O) groups is 1. The number of nitrogens with two attached hydrogens (primary N) is 1. The number of amides is 1. The van der Waals surface area contributed by atoms with Crippen LogP contribution in [0, 0.1) is 6.92 Å². The van der Waals surface area contributed by atoms with Gasteiger partial charge in [-0.25, -0.2) is 0 Å². The number of benzene rings is 2. The summed E-state index contributed by atoms with van der Waals surface area (Å²) >= 11 is 7.26. The lowest BCUT2D eigenvalue weighted by Gasteiger charge is -2.08. The molecular weight excluding hydrogens is 292 g/mol. The van der Waals surface area contributed by atoms with Crippen molar-refractivity contribution in [2.45, 2.75) is 11.8 Å². The summed E-state index contributed by atoms with van der Waals surface area (Å²) < 4.78 is 0. The van der Waals surface area contributed by atoms with Crippen LogP contribution < -0.4 is 11.1 Å². The van der Waals surface area contributed by atoms with E-state index in [2.05, 4.69) is 5.32 Å². The lowest BCUT2D eigenvalue weighted by Crippen LogP contribution is -2.15. The van der Waals surface area contributed by atoms with E-state index in [-0.39, 0.29) is 5.91 Å². The zero-order valence-corrected chi connectivity index (χ0v) is 12.6. The topological polar surface area (TPSA) is 55.1 Å². The number of rotatable bonds is 4. The molecule has 0 radical (unpaired) electrons. The van der Waals surface area contributed by atoms with Crippen LogP contribution in [0.3, 0.4) is 0 Å². The second kappa shape index (κ2) is 6.68. The first kappa shape index (κ1) is 14.8. The number of nitrogens with one attached hydrogen (secondary N) is 1. The van der Waals surface area contributed by atoms with Crippen molar-refractivity contribution >= 4 is 40.6 Å². The molecule has 0 spiro atoms. The SMILES string of the molecule is Cc1ccc(NC(=O)CSc2ccc(Cl)cc2)c(N)c1. The van der Waals surface area contributed by atoms with Crippen molar-refractivity contribution in [3.05, 3.63) is 53.1 Å². The van der Waals surface area contributed by atoms with E-state index in [9.17, 15) is 4.79 Å². The van der Waals surface area contributed by atoms with Gasteiger partial charge in [0, 0.05) is 9.92 Å². The second-order valence-corrected chi connectivity index (χ2v) is 5.87. The number of nitrogen functional groups attached to an aromatic ring is 1. The standard InChI is InChI=1S/C15H15ClN2OS/c1-10-2-7-14(13(17)8-10)18-15(19)9-20-12-5-3-11(16)4-6-12/h2-8H,9,17H2,1H3,(H,18,19). The molecule has 0 aliphatic rings. The van der Waals surface area contributed by atoms with E-state index in [0.29, 0.717) is 22.2 Å². The first-order chi connectivity index (χ1) is 9.54. The van der Waals surface area contributed by atoms with Gasteiger partial charge in [0.1, 0.15) is 0 Å². The summed E-state index contributed by atoms with van der Waals surface area (Å²) in [5, 5.41) is 3.49. The molecule has 0 unspecified atom stereocenters. The van der Waals surface area contributed by atoms with Crippen molar-refractivity contribution in [1.82, 2.24) is 0 Å². The molecule has 0 saturated heterocycles. The van der Waals surface area contributed by atoms with Crippen molar-refractivity contribution in [3.8, 4) is 0 Å². The van der Waals surface area contributed by atoms with E-state index in [0.717, 1.165) is 10.5 Å². The Hall–Kier alpha value is -1.65. The molecule has 3 nitrogen and oxygen atoms in total. The lowest BCUT2D eigenvalue weighted by molar-refractivity contribution is -0.113. The van der Waals surface area contributed by atoms with Crippen LogP contribution in [0.15, 0.2) is 47.4 Å². The van der Waals surface area contributed by atoms with Crippen molar-refractivity contribution in [2.75, 3.05) is 16.8 Å². The zero-order valence-electron chi connectivity index (χ0n) is 11.0. The van der Waals surface area contributed by atoms with Gasteiger partial charge in [-0.1, -0.05) is 17.7 Å². The van der Waals surface area contributed by atoms with E-state index in [1.807, 2.05) is 37.3 Å². The molecule has 20 heavy (non-hydrogen) atoms. The van der Waals surface area contributed by atoms with Crippen LogP contribution in [0.25, 0.3) is 0 Å². The van der Waals surface area contributed by atoms with Gasteiger partial charge in [-0.05, 0) is 48.9 Å². The van der Waals surface area contributed by atoms with Crippen molar-refractivity contribution < 1.29 is 4.79 Å². The molecular formula is C15H15ClN2OS. The van der Waals surface area contributed by atoms with Crippen molar-refractivity contribution in [1.29, 1.82) is 0 Å². The lowest BCUT2D eigenvalue weighted by atomic mass is 10.2. The number of hydrogen-bond donors (Lipinski definition) is 2. The average molecular weight is 307 g/mol. The molecule has 1 amide bonds. The average Bonchev–Trinajstić information content (AvgIpc) is 2.41. The van der Waals surface area contributed by atoms with Gasteiger partial charge < -0.3 is 11.1 Å². The van der Waals surface area contributed by atoms with Crippen LogP contribution in [0.5, 0.6) is 0 Å². The Bertz CT molecular complexity index is 614. The third kappa shape index (κ3) is 4.18. The highest BCUT2D eigenvalue weighted by atomic mass is 35.5. The summed E-state index contributed by atoms with van der Waals surface area (Å²) in [6.07, 6.45) is 0. The smallest absolute Gasteiger partial charge is 0.234 e. The minimum atomic E-state index is -0.0829. The Morgan fingerprint density at radius 3 is 2.60 bits per heavy atom. The van der Waals surface area contributed by atoms with Crippen LogP contribution in [-0.4, -0.2) is 11.7 Å². The van der Waals surface area contributed by atoms with Gasteiger partial charge in [0.2, 0.25) is 5.91 Å². The molecule has 0 saturated carbocycles. The maximum Gasteiger partial charge on any atom is 0.234 e. The highest BCUT2D eigenvalue weighted by Gasteiger charge is 2.06. The third-order valence-corrected chi connectivity index (χ3v) is 3.93. The van der Waals surface area contributed by atoms with Crippen molar-refractivity contribution in [3.63, 3.8) is 0 Å². The quantitative estimate of drug-likeness (QED) is 0.664. The van der Waals surface area contributed by atoms with Crippen LogP contribution in [0.1, 0.15) is 5.56 Å². The van der Waals surface area contributed by atoms with E-state index < -0.39 is 0 Å². The molecule has 0 atom stereocenters. The molecule has 5 heteroatoms. The van der Waals surface area contributed by atoms with E-state index in [4.69, 9.17) is 17.3 Å². The number of aryl methyl sites for hydroxylation is 1. The fourth-order valence-corrected chi connectivity index (χ4v) is 2.49. The van der Waals surface area contributed by atoms with Crippen LogP contribution in [-0.2, 0) is 4.79 Å². The van der Waals surface area contributed by atoms with Crippen LogP contribution in [0.2, 0.25) is 5.02 Å². The van der Waals surface area contributed by atoms with E-state index in [1.165, 1.54) is 11.8 Å². The Labute approximate surface area is 127 Å². The predicted molar refractivity (Wildman–Crippen MR) is 86.4 cm³/mol. The van der Waals surface area contributed by atoms with Crippen LogP contribution in [0.4, 0.5) is 11.4 Å². The van der Waals surface area contributed by atoms with E-state index in [1.54, 1.807) is 12.1 Å². The molecule has 3 N–H and O–H groups in total. The summed E-state index contributed by atoms with van der Waals surface area (Å²) in [4.78, 5) is 12.9. The summed E-state index contributed by atoms with van der Waals surface area (Å²) in [7, 11) is 0. The summed E-state index contributed by atoms with van der Waals surface area (Å²) in [6.45, 7) is 1.96. The van der Waals surface area contributed by atoms with Gasteiger partial charge in [0.05, 0.1) is 17.1 Å². The van der Waals surface area contributed by atoms with Crippen LogP contribution >= 0.6 is 23.4 Å². The fourth-order valence-electron chi connectivity index (χ4n) is 1.66. The van der Waals surface area contributed by atoms with Gasteiger partial charge in [-0.2, -0.15) is 0 Å². The summed E-state index contributed by atoms with van der Waals surface area (Å²) in [5.41, 5.74) is 8.15. The number of thioether (sulfide) groups is 1. The van der Waals surface area contributed by atoms with Gasteiger partial charge in [-0.3, -0.25) is 4.79 Å². The molecule has 0 heterocycles. The monoisotopic (exact) mass is 306 g/mol. The highest BCUT2D eigenvalue weighted by Crippen LogP contribution is 2.22. The maximum atomic E-state index is 11.9. The minimum absolute atomic E-state index is 0.0829. The normalized spacial score (nSPS) is 10.3. The molecule has 0 fully saturated rings. The second-order valence-electron chi connectivity index (χ2n) is 4.38. The molecule has 2 aromatic carbocycles. The molecule has 0 bridgehead atoms. The number of halogens is 1. The predicted octanol–water partition coefficient (Wildman–Crippen LogP) is 3.96. The Morgan fingerprint density at radius 1 is 1.25 bits per heavy atom. The molecule has 0 aliphatic heterocycles. The highest BCUT2D eigenvalue weighted by molar-refractivity contribution is 8.00. The zero-order chi connectivity index (χ0) is 14.5. The first-order valence-corrected chi connectivity index (χ1v) is 7.45. The summed E-state index contributed by atoms with van der Waals surface area (Å²) in [5.74, 6) is 0.245. The van der Waals surface area contributed by atoms with E-state index >= 15 is 0 Å². The van der Waals surface area contributed by atoms with Gasteiger partial charge in [-0.15, -0.1) is 11.8 Å². The molecule has 2 aromatic rings.